The molecule has 2 rings (SSSR count). The number of hydrogen-bond acceptors (Lipinski definition) is 5. The molecule has 0 radical (unpaired) electrons. The Kier molecular flexibility index (Phi) is 2.92. The van der Waals surface area contributed by atoms with E-state index in [1.807, 2.05) is 32.8 Å². The summed E-state index contributed by atoms with van der Waals surface area (Å²) in [5.74, 6) is -1.22. The van der Waals surface area contributed by atoms with Crippen molar-refractivity contribution in [2.24, 2.45) is 5.73 Å². The van der Waals surface area contributed by atoms with Gasteiger partial charge < -0.3 is 20.6 Å². The SMILES string of the molecule is CN(C)C[C@]1(N)C(=O)N2[C@@H](C(=O)O)C(C)(C)S[C@@H]21. The Balaban J connectivity index is 2.29. The van der Waals surface area contributed by atoms with Crippen molar-refractivity contribution in [1.29, 1.82) is 0 Å². The lowest BCUT2D eigenvalue weighted by atomic mass is 9.85. The highest BCUT2D eigenvalue weighted by Gasteiger charge is 2.69. The number of carboxylic acid groups (broad SMARTS) is 1. The van der Waals surface area contributed by atoms with Gasteiger partial charge in [0.1, 0.15) is 17.0 Å². The van der Waals surface area contributed by atoms with Crippen molar-refractivity contribution in [3.63, 3.8) is 0 Å². The molecule has 3 N–H and O–H groups in total. The molecule has 3 atom stereocenters. The molecule has 0 aromatic rings. The lowest BCUT2D eigenvalue weighted by Crippen LogP contribution is -2.80. The van der Waals surface area contributed by atoms with E-state index in [2.05, 4.69) is 0 Å². The molecule has 0 unspecified atom stereocenters. The molecular weight excluding hydrogens is 254 g/mol. The van der Waals surface area contributed by atoms with Gasteiger partial charge in [-0.3, -0.25) is 4.79 Å². The smallest absolute Gasteiger partial charge is 0.327 e. The number of hydrogen-bond donors (Lipinski definition) is 2. The largest absolute Gasteiger partial charge is 0.480 e. The standard InChI is InChI=1S/C11H19N3O3S/c1-10(2)6(7(15)16)14-8(17)11(12,5-13(3)4)9(14)18-10/h6,9H,5,12H2,1-4H3,(H,15,16)/t6-,9+,11-/m0/s1. The predicted octanol–water partition coefficient (Wildman–Crippen LogP) is -0.608. The Hall–Kier alpha value is -0.790. The van der Waals surface area contributed by atoms with Crippen LogP contribution in [0.5, 0.6) is 0 Å². The maximum Gasteiger partial charge on any atom is 0.327 e. The Morgan fingerprint density at radius 2 is 2.11 bits per heavy atom. The minimum absolute atomic E-state index is 0.247. The molecule has 0 aromatic heterocycles. The molecule has 0 spiro atoms. The molecule has 2 aliphatic heterocycles. The number of fused-ring (bicyclic) bond motifs is 1. The summed E-state index contributed by atoms with van der Waals surface area (Å²) in [6, 6.07) is -0.793. The summed E-state index contributed by atoms with van der Waals surface area (Å²) in [5.41, 5.74) is 5.21. The van der Waals surface area contributed by atoms with Gasteiger partial charge >= 0.3 is 5.97 Å². The topological polar surface area (TPSA) is 86.9 Å². The lowest BCUT2D eigenvalue weighted by Gasteiger charge is -2.51. The molecule has 0 aromatic carbocycles. The second kappa shape index (κ2) is 3.85. The second-order valence-electron chi connectivity index (χ2n) is 5.81. The molecule has 2 aliphatic rings. The first-order valence-electron chi connectivity index (χ1n) is 5.78. The van der Waals surface area contributed by atoms with Crippen LogP contribution in [0.2, 0.25) is 0 Å². The Labute approximate surface area is 110 Å². The van der Waals surface area contributed by atoms with Crippen LogP contribution in [0.25, 0.3) is 0 Å². The molecule has 2 fully saturated rings. The van der Waals surface area contributed by atoms with Gasteiger partial charge in [-0.25, -0.2) is 4.79 Å². The molecule has 2 saturated heterocycles. The number of rotatable bonds is 3. The van der Waals surface area contributed by atoms with Crippen LogP contribution in [0.3, 0.4) is 0 Å². The molecule has 7 heteroatoms. The van der Waals surface area contributed by atoms with Gasteiger partial charge in [-0.1, -0.05) is 0 Å². The molecular formula is C11H19N3O3S. The van der Waals surface area contributed by atoms with E-state index in [0.717, 1.165) is 0 Å². The van der Waals surface area contributed by atoms with Gasteiger partial charge in [0.2, 0.25) is 5.91 Å². The number of carbonyl (C=O) groups is 2. The molecule has 0 aliphatic carbocycles. The van der Waals surface area contributed by atoms with Crippen LogP contribution < -0.4 is 5.73 Å². The first-order valence-corrected chi connectivity index (χ1v) is 6.66. The fourth-order valence-corrected chi connectivity index (χ4v) is 4.46. The third-order valence-corrected chi connectivity index (χ3v) is 5.19. The van der Waals surface area contributed by atoms with Gasteiger partial charge in [-0.05, 0) is 27.9 Å². The number of β-lactam (4-membered cyclic amide) rings is 1. The van der Waals surface area contributed by atoms with E-state index in [1.54, 1.807) is 0 Å². The number of nitrogens with zero attached hydrogens (tertiary/aromatic N) is 2. The molecule has 18 heavy (non-hydrogen) atoms. The maximum atomic E-state index is 12.2. The highest BCUT2D eigenvalue weighted by atomic mass is 32.2. The Morgan fingerprint density at radius 1 is 1.56 bits per heavy atom. The number of thioether (sulfide) groups is 1. The van der Waals surface area contributed by atoms with E-state index in [0.29, 0.717) is 6.54 Å². The van der Waals surface area contributed by atoms with Crippen LogP contribution in [0, 0.1) is 0 Å². The van der Waals surface area contributed by atoms with E-state index >= 15 is 0 Å². The summed E-state index contributed by atoms with van der Waals surface area (Å²) in [6.07, 6.45) is 0. The van der Waals surface area contributed by atoms with Gasteiger partial charge in [0.05, 0.1) is 0 Å². The second-order valence-corrected chi connectivity index (χ2v) is 7.54. The van der Waals surface area contributed by atoms with Crippen molar-refractivity contribution in [1.82, 2.24) is 9.80 Å². The Morgan fingerprint density at radius 3 is 2.56 bits per heavy atom. The summed E-state index contributed by atoms with van der Waals surface area (Å²) in [5, 5.41) is 9.04. The summed E-state index contributed by atoms with van der Waals surface area (Å²) in [7, 11) is 3.70. The average molecular weight is 273 g/mol. The third kappa shape index (κ3) is 1.64. The number of likely N-dealkylation sites (N-methyl/N-ethyl adjacent to an activating group) is 1. The highest BCUT2D eigenvalue weighted by Crippen LogP contribution is 2.54. The molecule has 102 valence electrons. The zero-order chi connectivity index (χ0) is 13.9. The van der Waals surface area contributed by atoms with Crippen LogP contribution in [0.15, 0.2) is 0 Å². The van der Waals surface area contributed by atoms with Gasteiger partial charge in [0, 0.05) is 11.3 Å². The van der Waals surface area contributed by atoms with E-state index in [1.165, 1.54) is 16.7 Å². The van der Waals surface area contributed by atoms with E-state index < -0.39 is 22.3 Å². The number of amides is 1. The Bertz CT molecular complexity index is 412. The van der Waals surface area contributed by atoms with Crippen molar-refractivity contribution in [2.75, 3.05) is 20.6 Å². The van der Waals surface area contributed by atoms with Crippen LogP contribution in [-0.2, 0) is 9.59 Å². The molecule has 2 heterocycles. The third-order valence-electron chi connectivity index (χ3n) is 3.49. The molecule has 6 nitrogen and oxygen atoms in total. The maximum absolute atomic E-state index is 12.2. The first kappa shape index (κ1) is 13.6. The van der Waals surface area contributed by atoms with Crippen molar-refractivity contribution in [3.05, 3.63) is 0 Å². The number of carboxylic acids is 1. The predicted molar refractivity (Wildman–Crippen MR) is 69.2 cm³/mol. The summed E-state index contributed by atoms with van der Waals surface area (Å²) in [6.45, 7) is 4.12. The first-order chi connectivity index (χ1) is 8.11. The number of aliphatic carboxylic acids is 1. The fourth-order valence-electron chi connectivity index (χ4n) is 2.82. The van der Waals surface area contributed by atoms with Crippen molar-refractivity contribution < 1.29 is 14.7 Å². The van der Waals surface area contributed by atoms with Gasteiger partial charge in [-0.15, -0.1) is 11.8 Å². The average Bonchev–Trinajstić information content (AvgIpc) is 2.47. The highest BCUT2D eigenvalue weighted by molar-refractivity contribution is 8.01. The summed E-state index contributed by atoms with van der Waals surface area (Å²) in [4.78, 5) is 26.8. The summed E-state index contributed by atoms with van der Waals surface area (Å²) < 4.78 is -0.514. The fraction of sp³-hybridized carbons (Fsp3) is 0.818. The summed E-state index contributed by atoms with van der Waals surface area (Å²) >= 11 is 1.48. The molecule has 0 bridgehead atoms. The van der Waals surface area contributed by atoms with E-state index in [9.17, 15) is 14.7 Å². The molecule has 0 saturated carbocycles. The normalized spacial score (nSPS) is 37.7. The van der Waals surface area contributed by atoms with Crippen LogP contribution >= 0.6 is 11.8 Å². The lowest BCUT2D eigenvalue weighted by molar-refractivity contribution is -0.166. The molecule has 1 amide bonds. The minimum atomic E-state index is -0.963. The van der Waals surface area contributed by atoms with Crippen molar-refractivity contribution in [2.45, 2.75) is 35.5 Å². The quantitative estimate of drug-likeness (QED) is 0.667. The number of carbonyl (C=O) groups excluding carboxylic acids is 1. The zero-order valence-electron chi connectivity index (χ0n) is 11.0. The van der Waals surface area contributed by atoms with E-state index in [-0.39, 0.29) is 11.3 Å². The minimum Gasteiger partial charge on any atom is -0.480 e. The van der Waals surface area contributed by atoms with Crippen LogP contribution in [0.1, 0.15) is 13.8 Å². The van der Waals surface area contributed by atoms with Crippen molar-refractivity contribution >= 4 is 23.6 Å². The van der Waals surface area contributed by atoms with E-state index in [4.69, 9.17) is 5.73 Å². The number of nitrogens with two attached hydrogens (primary N) is 1. The van der Waals surface area contributed by atoms with Gasteiger partial charge in [0.25, 0.3) is 0 Å². The van der Waals surface area contributed by atoms with Gasteiger partial charge in [0.15, 0.2) is 0 Å². The van der Waals surface area contributed by atoms with Crippen molar-refractivity contribution in [3.8, 4) is 0 Å². The zero-order valence-corrected chi connectivity index (χ0v) is 11.8. The monoisotopic (exact) mass is 273 g/mol. The van der Waals surface area contributed by atoms with Crippen LogP contribution in [-0.4, -0.2) is 69.1 Å². The van der Waals surface area contributed by atoms with Gasteiger partial charge in [-0.2, -0.15) is 0 Å². The van der Waals surface area contributed by atoms with Crippen LogP contribution in [0.4, 0.5) is 0 Å².